The molecule has 1 amide bonds. The Bertz CT molecular complexity index is 970. The van der Waals surface area contributed by atoms with Gasteiger partial charge in [0.1, 0.15) is 6.04 Å². The highest BCUT2D eigenvalue weighted by Gasteiger charge is 2.24. The zero-order chi connectivity index (χ0) is 18.7. The summed E-state index contributed by atoms with van der Waals surface area (Å²) < 4.78 is 5.58. The van der Waals surface area contributed by atoms with Gasteiger partial charge in [-0.1, -0.05) is 45.7 Å². The van der Waals surface area contributed by atoms with Crippen LogP contribution in [-0.2, 0) is 16.0 Å². The van der Waals surface area contributed by atoms with E-state index in [0.29, 0.717) is 11.4 Å². The lowest BCUT2D eigenvalue weighted by Gasteiger charge is -2.17. The molecular weight excluding hydrogens is 420 g/mol. The average molecular weight is 436 g/mol. The monoisotopic (exact) mass is 434 g/mol. The number of carbonyl (C=O) groups is 2. The van der Waals surface area contributed by atoms with Gasteiger partial charge in [0.15, 0.2) is 0 Å². The van der Waals surface area contributed by atoms with E-state index in [2.05, 4.69) is 26.2 Å². The van der Waals surface area contributed by atoms with Crippen LogP contribution in [0.5, 0.6) is 0 Å². The van der Waals surface area contributed by atoms with E-state index in [1.54, 1.807) is 18.2 Å². The Morgan fingerprint density at radius 1 is 1.27 bits per heavy atom. The molecule has 5 nitrogen and oxygen atoms in total. The van der Waals surface area contributed by atoms with Crippen molar-refractivity contribution < 1.29 is 14.3 Å². The van der Waals surface area contributed by atoms with Crippen molar-refractivity contribution in [3.8, 4) is 0 Å². The van der Waals surface area contributed by atoms with Gasteiger partial charge in [0.05, 0.1) is 17.7 Å². The predicted octanol–water partition coefficient (Wildman–Crippen LogP) is 4.10. The predicted molar refractivity (Wildman–Crippen MR) is 104 cm³/mol. The van der Waals surface area contributed by atoms with Gasteiger partial charge in [0.25, 0.3) is 5.91 Å². The van der Waals surface area contributed by atoms with Gasteiger partial charge in [-0.25, -0.2) is 4.79 Å². The first kappa shape index (κ1) is 18.5. The molecule has 0 aliphatic carbocycles. The highest BCUT2D eigenvalue weighted by Crippen LogP contribution is 2.22. The number of halogens is 2. The Labute approximate surface area is 163 Å². The molecule has 1 aromatic heterocycles. The molecule has 3 aromatic rings. The standard InChI is InChI=1S/C19H16BrClN2O3/c1-26-19(25)17(8-11-10-22-16-5-3-2-4-13(11)16)23-18(24)14-9-12(20)6-7-15(14)21/h2-7,9-10,17,22H,8H2,1H3,(H,23,24)/t17-/m1/s1. The summed E-state index contributed by atoms with van der Waals surface area (Å²) in [5, 5.41) is 4.03. The SMILES string of the molecule is COC(=O)[C@@H](Cc1c[nH]c2ccccc12)NC(=O)c1cc(Br)ccc1Cl. The number of para-hydroxylation sites is 1. The molecule has 0 bridgehead atoms. The summed E-state index contributed by atoms with van der Waals surface area (Å²) in [6.45, 7) is 0. The van der Waals surface area contributed by atoms with Crippen LogP contribution in [0.4, 0.5) is 0 Å². The van der Waals surface area contributed by atoms with Crippen LogP contribution in [0.15, 0.2) is 53.1 Å². The third kappa shape index (κ3) is 3.92. The molecule has 134 valence electrons. The first-order valence-electron chi connectivity index (χ1n) is 7.88. The second-order valence-corrected chi connectivity index (χ2v) is 7.06. The lowest BCUT2D eigenvalue weighted by molar-refractivity contribution is -0.142. The molecule has 26 heavy (non-hydrogen) atoms. The van der Waals surface area contributed by atoms with Gasteiger partial charge < -0.3 is 15.0 Å². The lowest BCUT2D eigenvalue weighted by atomic mass is 10.0. The van der Waals surface area contributed by atoms with Crippen LogP contribution in [0.1, 0.15) is 15.9 Å². The summed E-state index contributed by atoms with van der Waals surface area (Å²) >= 11 is 9.42. The fourth-order valence-electron chi connectivity index (χ4n) is 2.76. The molecule has 0 saturated carbocycles. The number of amides is 1. The second kappa shape index (κ2) is 7.93. The third-order valence-electron chi connectivity index (χ3n) is 4.06. The Morgan fingerprint density at radius 3 is 2.81 bits per heavy atom. The maximum atomic E-state index is 12.6. The molecule has 1 heterocycles. The largest absolute Gasteiger partial charge is 0.467 e. The highest BCUT2D eigenvalue weighted by molar-refractivity contribution is 9.10. The van der Waals surface area contributed by atoms with Gasteiger partial charge in [0, 0.05) is 28.0 Å². The zero-order valence-corrected chi connectivity index (χ0v) is 16.2. The number of esters is 1. The summed E-state index contributed by atoms with van der Waals surface area (Å²) in [5.41, 5.74) is 2.16. The molecule has 0 unspecified atom stereocenters. The van der Waals surface area contributed by atoms with E-state index in [0.717, 1.165) is 20.9 Å². The van der Waals surface area contributed by atoms with E-state index in [1.165, 1.54) is 7.11 Å². The molecule has 1 atom stereocenters. The molecule has 0 spiro atoms. The summed E-state index contributed by atoms with van der Waals surface area (Å²) in [7, 11) is 1.29. The first-order chi connectivity index (χ1) is 12.5. The van der Waals surface area contributed by atoms with Crippen LogP contribution in [0.25, 0.3) is 10.9 Å². The number of nitrogens with one attached hydrogen (secondary N) is 2. The van der Waals surface area contributed by atoms with E-state index < -0.39 is 17.9 Å². The quantitative estimate of drug-likeness (QED) is 0.593. The van der Waals surface area contributed by atoms with E-state index in [1.807, 2.05) is 30.5 Å². The maximum absolute atomic E-state index is 12.6. The topological polar surface area (TPSA) is 71.2 Å². The van der Waals surface area contributed by atoms with Crippen LogP contribution >= 0.6 is 27.5 Å². The van der Waals surface area contributed by atoms with E-state index >= 15 is 0 Å². The Kier molecular flexibility index (Phi) is 5.64. The van der Waals surface area contributed by atoms with Gasteiger partial charge in [-0.15, -0.1) is 0 Å². The summed E-state index contributed by atoms with van der Waals surface area (Å²) in [6.07, 6.45) is 2.13. The number of H-pyrrole nitrogens is 1. The number of fused-ring (bicyclic) bond motifs is 1. The minimum Gasteiger partial charge on any atom is -0.467 e. The maximum Gasteiger partial charge on any atom is 0.328 e. The smallest absolute Gasteiger partial charge is 0.328 e. The number of aromatic amines is 1. The number of benzene rings is 2. The van der Waals surface area contributed by atoms with E-state index in [9.17, 15) is 9.59 Å². The van der Waals surface area contributed by atoms with Gasteiger partial charge in [0.2, 0.25) is 0 Å². The number of methoxy groups -OCH3 is 1. The molecule has 2 aromatic carbocycles. The Balaban J connectivity index is 1.85. The number of carbonyl (C=O) groups excluding carboxylic acids is 2. The molecule has 0 fully saturated rings. The third-order valence-corrected chi connectivity index (χ3v) is 4.89. The molecule has 7 heteroatoms. The summed E-state index contributed by atoms with van der Waals surface area (Å²) in [6, 6.07) is 11.9. The summed E-state index contributed by atoms with van der Waals surface area (Å²) in [4.78, 5) is 28.0. The number of hydrogen-bond acceptors (Lipinski definition) is 3. The minimum atomic E-state index is -0.832. The van der Waals surface area contributed by atoms with Gasteiger partial charge >= 0.3 is 5.97 Å². The number of hydrogen-bond donors (Lipinski definition) is 2. The van der Waals surface area contributed by atoms with Crippen LogP contribution in [0.3, 0.4) is 0 Å². The van der Waals surface area contributed by atoms with Crippen LogP contribution in [-0.4, -0.2) is 30.0 Å². The van der Waals surface area contributed by atoms with Crippen LogP contribution in [0.2, 0.25) is 5.02 Å². The van der Waals surface area contributed by atoms with Gasteiger partial charge in [-0.3, -0.25) is 4.79 Å². The fraction of sp³-hybridized carbons (Fsp3) is 0.158. The first-order valence-corrected chi connectivity index (χ1v) is 9.05. The Morgan fingerprint density at radius 2 is 2.04 bits per heavy atom. The normalized spacial score (nSPS) is 12.0. The van der Waals surface area contributed by atoms with Crippen molar-refractivity contribution in [2.45, 2.75) is 12.5 Å². The molecule has 0 aliphatic heterocycles. The number of aromatic nitrogens is 1. The average Bonchev–Trinajstić information content (AvgIpc) is 3.05. The molecule has 0 radical (unpaired) electrons. The molecule has 0 aliphatic rings. The molecule has 3 rings (SSSR count). The minimum absolute atomic E-state index is 0.286. The van der Waals surface area contributed by atoms with Crippen molar-refractivity contribution in [2.75, 3.05) is 7.11 Å². The van der Waals surface area contributed by atoms with E-state index in [-0.39, 0.29) is 5.56 Å². The van der Waals surface area contributed by atoms with Crippen molar-refractivity contribution in [3.63, 3.8) is 0 Å². The van der Waals surface area contributed by atoms with Gasteiger partial charge in [-0.2, -0.15) is 0 Å². The molecule has 0 saturated heterocycles. The van der Waals surface area contributed by atoms with Crippen molar-refractivity contribution in [1.29, 1.82) is 0 Å². The second-order valence-electron chi connectivity index (χ2n) is 5.74. The zero-order valence-electron chi connectivity index (χ0n) is 13.9. The molecule has 2 N–H and O–H groups in total. The number of ether oxygens (including phenoxy) is 1. The highest BCUT2D eigenvalue weighted by atomic mass is 79.9. The van der Waals surface area contributed by atoms with Crippen LogP contribution in [0, 0.1) is 0 Å². The Hall–Kier alpha value is -2.31. The fourth-order valence-corrected chi connectivity index (χ4v) is 3.33. The van der Waals surface area contributed by atoms with Gasteiger partial charge in [-0.05, 0) is 29.8 Å². The van der Waals surface area contributed by atoms with Crippen molar-refractivity contribution >= 4 is 50.3 Å². The lowest BCUT2D eigenvalue weighted by Crippen LogP contribution is -2.43. The van der Waals surface area contributed by atoms with Crippen molar-refractivity contribution in [2.24, 2.45) is 0 Å². The number of rotatable bonds is 5. The van der Waals surface area contributed by atoms with Crippen LogP contribution < -0.4 is 5.32 Å². The molecular formula is C19H16BrClN2O3. The van der Waals surface area contributed by atoms with Crippen molar-refractivity contribution in [1.82, 2.24) is 10.3 Å². The van der Waals surface area contributed by atoms with E-state index in [4.69, 9.17) is 16.3 Å². The van der Waals surface area contributed by atoms with Crippen molar-refractivity contribution in [3.05, 3.63) is 69.3 Å². The summed E-state index contributed by atoms with van der Waals surface area (Å²) in [5.74, 6) is -0.957.